The van der Waals surface area contributed by atoms with Gasteiger partial charge in [-0.1, -0.05) is 26.0 Å². The lowest BCUT2D eigenvalue weighted by Crippen LogP contribution is -2.15. The SMILES string of the molecule is CC(C)c1nccn1Cc1cccc(NC(=O)CSc2ccc3c(c2)OCCO3)c1. The van der Waals surface area contributed by atoms with Crippen LogP contribution in [0.4, 0.5) is 5.69 Å². The Bertz CT molecular complexity index is 1030. The summed E-state index contributed by atoms with van der Waals surface area (Å²) in [4.78, 5) is 17.9. The number of nitrogens with one attached hydrogen (secondary N) is 1. The van der Waals surface area contributed by atoms with Gasteiger partial charge in [0, 0.05) is 35.4 Å². The van der Waals surface area contributed by atoms with Crippen molar-refractivity contribution in [1.82, 2.24) is 9.55 Å². The maximum Gasteiger partial charge on any atom is 0.234 e. The molecular formula is C23H25N3O3S. The Morgan fingerprint density at radius 3 is 2.83 bits per heavy atom. The Morgan fingerprint density at radius 2 is 2.00 bits per heavy atom. The molecule has 2 aromatic carbocycles. The summed E-state index contributed by atoms with van der Waals surface area (Å²) in [5.74, 6) is 3.19. The lowest BCUT2D eigenvalue weighted by Gasteiger charge is -2.18. The van der Waals surface area contributed by atoms with E-state index < -0.39 is 0 Å². The minimum atomic E-state index is -0.0439. The molecule has 1 aliphatic heterocycles. The van der Waals surface area contributed by atoms with Gasteiger partial charge in [0.2, 0.25) is 5.91 Å². The first-order valence-corrected chi connectivity index (χ1v) is 11.0. The number of thioether (sulfide) groups is 1. The van der Waals surface area contributed by atoms with Crippen LogP contribution < -0.4 is 14.8 Å². The third kappa shape index (κ3) is 4.97. The summed E-state index contributed by atoms with van der Waals surface area (Å²) in [6.07, 6.45) is 3.82. The number of amides is 1. The van der Waals surface area contributed by atoms with E-state index in [-0.39, 0.29) is 5.91 Å². The molecule has 1 aliphatic rings. The summed E-state index contributed by atoms with van der Waals surface area (Å²) < 4.78 is 13.3. The molecule has 6 nitrogen and oxygen atoms in total. The van der Waals surface area contributed by atoms with E-state index in [0.717, 1.165) is 40.0 Å². The number of carbonyl (C=O) groups is 1. The monoisotopic (exact) mass is 423 g/mol. The second-order valence-corrected chi connectivity index (χ2v) is 8.46. The van der Waals surface area contributed by atoms with Crippen LogP contribution in [-0.4, -0.2) is 34.4 Å². The predicted molar refractivity (Wildman–Crippen MR) is 119 cm³/mol. The number of rotatable bonds is 7. The third-order valence-corrected chi connectivity index (χ3v) is 5.71. The highest BCUT2D eigenvalue weighted by Gasteiger charge is 2.13. The summed E-state index contributed by atoms with van der Waals surface area (Å²) in [6.45, 7) is 6.11. The topological polar surface area (TPSA) is 65.4 Å². The van der Waals surface area contributed by atoms with Crippen LogP contribution in [0.2, 0.25) is 0 Å². The Morgan fingerprint density at radius 1 is 1.17 bits per heavy atom. The van der Waals surface area contributed by atoms with Crippen molar-refractivity contribution in [3.05, 3.63) is 66.2 Å². The van der Waals surface area contributed by atoms with Gasteiger partial charge in [0.15, 0.2) is 11.5 Å². The van der Waals surface area contributed by atoms with E-state index in [4.69, 9.17) is 9.47 Å². The molecule has 0 spiro atoms. The fourth-order valence-corrected chi connectivity index (χ4v) is 4.08. The molecular weight excluding hydrogens is 398 g/mol. The number of carbonyl (C=O) groups excluding carboxylic acids is 1. The highest BCUT2D eigenvalue weighted by molar-refractivity contribution is 8.00. The number of anilines is 1. The van der Waals surface area contributed by atoms with Crippen molar-refractivity contribution in [1.29, 1.82) is 0 Å². The van der Waals surface area contributed by atoms with Gasteiger partial charge in [-0.25, -0.2) is 4.98 Å². The average Bonchev–Trinajstić information content (AvgIpc) is 3.21. The minimum Gasteiger partial charge on any atom is -0.486 e. The Kier molecular flexibility index (Phi) is 6.28. The van der Waals surface area contributed by atoms with Crippen molar-refractivity contribution >= 4 is 23.4 Å². The van der Waals surface area contributed by atoms with Gasteiger partial charge in [-0.3, -0.25) is 4.79 Å². The number of hydrogen-bond donors (Lipinski definition) is 1. The van der Waals surface area contributed by atoms with Crippen molar-refractivity contribution in [2.75, 3.05) is 24.3 Å². The highest BCUT2D eigenvalue weighted by Crippen LogP contribution is 2.34. The number of benzene rings is 2. The van der Waals surface area contributed by atoms with Crippen LogP contribution in [0.3, 0.4) is 0 Å². The molecule has 2 heterocycles. The van der Waals surface area contributed by atoms with Gasteiger partial charge in [0.25, 0.3) is 0 Å². The van der Waals surface area contributed by atoms with Crippen LogP contribution in [0.15, 0.2) is 59.8 Å². The third-order valence-electron chi connectivity index (χ3n) is 4.71. The van der Waals surface area contributed by atoms with Crippen molar-refractivity contribution in [2.24, 2.45) is 0 Å². The maximum atomic E-state index is 12.4. The van der Waals surface area contributed by atoms with Crippen LogP contribution in [-0.2, 0) is 11.3 Å². The molecule has 0 radical (unpaired) electrons. The number of ether oxygens (including phenoxy) is 2. The summed E-state index contributed by atoms with van der Waals surface area (Å²) in [7, 11) is 0. The van der Waals surface area contributed by atoms with Gasteiger partial charge < -0.3 is 19.4 Å². The zero-order valence-corrected chi connectivity index (χ0v) is 17.9. The number of nitrogens with zero attached hydrogens (tertiary/aromatic N) is 2. The highest BCUT2D eigenvalue weighted by atomic mass is 32.2. The van der Waals surface area contributed by atoms with Crippen molar-refractivity contribution in [3.8, 4) is 11.5 Å². The quantitative estimate of drug-likeness (QED) is 0.565. The Hall–Kier alpha value is -2.93. The molecule has 0 fully saturated rings. The van der Waals surface area contributed by atoms with Gasteiger partial charge in [0.05, 0.1) is 5.75 Å². The minimum absolute atomic E-state index is 0.0439. The maximum absolute atomic E-state index is 12.4. The van der Waals surface area contributed by atoms with E-state index in [0.29, 0.717) is 24.9 Å². The van der Waals surface area contributed by atoms with Crippen LogP contribution >= 0.6 is 11.8 Å². The van der Waals surface area contributed by atoms with E-state index in [2.05, 4.69) is 34.8 Å². The van der Waals surface area contributed by atoms with E-state index in [1.807, 2.05) is 48.8 Å². The van der Waals surface area contributed by atoms with E-state index in [1.165, 1.54) is 11.8 Å². The lowest BCUT2D eigenvalue weighted by molar-refractivity contribution is -0.113. The largest absolute Gasteiger partial charge is 0.486 e. The second kappa shape index (κ2) is 9.26. The van der Waals surface area contributed by atoms with Crippen molar-refractivity contribution < 1.29 is 14.3 Å². The molecule has 0 unspecified atom stereocenters. The molecule has 1 aromatic heterocycles. The molecule has 0 bridgehead atoms. The number of fused-ring (bicyclic) bond motifs is 1. The van der Waals surface area contributed by atoms with Gasteiger partial charge >= 0.3 is 0 Å². The molecule has 1 N–H and O–H groups in total. The molecule has 0 saturated heterocycles. The first-order valence-electron chi connectivity index (χ1n) is 10.0. The lowest BCUT2D eigenvalue weighted by atomic mass is 10.1. The fraction of sp³-hybridized carbons (Fsp3) is 0.304. The van der Waals surface area contributed by atoms with Crippen molar-refractivity contribution in [3.63, 3.8) is 0 Å². The number of aromatic nitrogens is 2. The number of hydrogen-bond acceptors (Lipinski definition) is 5. The molecule has 3 aromatic rings. The van der Waals surface area contributed by atoms with Crippen LogP contribution in [0, 0.1) is 0 Å². The zero-order chi connectivity index (χ0) is 20.9. The van der Waals surface area contributed by atoms with E-state index in [9.17, 15) is 4.79 Å². The van der Waals surface area contributed by atoms with Crippen molar-refractivity contribution in [2.45, 2.75) is 31.2 Å². The second-order valence-electron chi connectivity index (χ2n) is 7.41. The van der Waals surface area contributed by atoms with Gasteiger partial charge in [-0.05, 0) is 35.9 Å². The molecule has 30 heavy (non-hydrogen) atoms. The van der Waals surface area contributed by atoms with Crippen LogP contribution in [0.1, 0.15) is 31.2 Å². The average molecular weight is 424 g/mol. The van der Waals surface area contributed by atoms with Gasteiger partial charge in [-0.2, -0.15) is 0 Å². The molecule has 4 rings (SSSR count). The smallest absolute Gasteiger partial charge is 0.234 e. The van der Waals surface area contributed by atoms with Crippen LogP contribution in [0.25, 0.3) is 0 Å². The van der Waals surface area contributed by atoms with Gasteiger partial charge in [0.1, 0.15) is 19.0 Å². The molecule has 1 amide bonds. The summed E-state index contributed by atoms with van der Waals surface area (Å²) in [5.41, 5.74) is 1.92. The molecule has 156 valence electrons. The molecule has 0 saturated carbocycles. The summed E-state index contributed by atoms with van der Waals surface area (Å²) >= 11 is 1.47. The standard InChI is InChI=1S/C23H25N3O3S/c1-16(2)23-24-8-9-26(23)14-17-4-3-5-18(12-17)25-22(27)15-30-19-6-7-20-21(13-19)29-11-10-28-20/h3-9,12-13,16H,10-11,14-15H2,1-2H3,(H,25,27). The summed E-state index contributed by atoms with van der Waals surface area (Å²) in [6, 6.07) is 13.7. The van der Waals surface area contributed by atoms with E-state index in [1.54, 1.807) is 0 Å². The first kappa shape index (κ1) is 20.3. The van der Waals surface area contributed by atoms with Gasteiger partial charge in [-0.15, -0.1) is 11.8 Å². The molecule has 0 aliphatic carbocycles. The number of imidazole rings is 1. The Labute approximate surface area is 180 Å². The fourth-order valence-electron chi connectivity index (χ4n) is 3.36. The normalized spacial score (nSPS) is 12.8. The Balaban J connectivity index is 1.34. The zero-order valence-electron chi connectivity index (χ0n) is 17.1. The molecule has 7 heteroatoms. The summed E-state index contributed by atoms with van der Waals surface area (Å²) in [5, 5.41) is 2.99. The van der Waals surface area contributed by atoms with Crippen LogP contribution in [0.5, 0.6) is 11.5 Å². The first-order chi connectivity index (χ1) is 14.6. The van der Waals surface area contributed by atoms with E-state index >= 15 is 0 Å². The molecule has 0 atom stereocenters. The predicted octanol–water partition coefficient (Wildman–Crippen LogP) is 4.56.